The fraction of sp³-hybridized carbons (Fsp3) is 0.182. The fourth-order valence-electron chi connectivity index (χ4n) is 2.78. The van der Waals surface area contributed by atoms with Crippen molar-refractivity contribution in [1.82, 2.24) is 19.6 Å². The Morgan fingerprint density at radius 2 is 1.00 bits per heavy atom. The Bertz CT molecular complexity index is 679. The van der Waals surface area contributed by atoms with Gasteiger partial charge in [0.1, 0.15) is 0 Å². The first-order valence-electron chi connectivity index (χ1n) is 9.02. The van der Waals surface area contributed by atoms with E-state index in [4.69, 9.17) is 0 Å². The summed E-state index contributed by atoms with van der Waals surface area (Å²) in [5.41, 5.74) is 2.66. The van der Waals surface area contributed by atoms with E-state index >= 15 is 0 Å². The normalized spacial score (nSPS) is 14.6. The van der Waals surface area contributed by atoms with E-state index in [1.807, 2.05) is 48.4 Å². The molecule has 0 aromatic heterocycles. The number of nitrogens with zero attached hydrogens (tertiary/aromatic N) is 4. The maximum atomic E-state index is 2.97. The molecule has 2 aromatic rings. The Morgan fingerprint density at radius 1 is 0.655 bits per heavy atom. The molecule has 2 aliphatic rings. The van der Waals surface area contributed by atoms with Crippen LogP contribution in [-0.2, 0) is 24.4 Å². The molecule has 0 fully saturated rings. The van der Waals surface area contributed by atoms with Gasteiger partial charge in [-0.2, -0.15) is 13.3 Å². The molecule has 2 aliphatic heterocycles. The molecule has 0 aliphatic carbocycles. The Kier molecular flexibility index (Phi) is 11.3. The van der Waals surface area contributed by atoms with Crippen LogP contribution >= 0.6 is 28.2 Å². The molecule has 2 aromatic carbocycles. The molecule has 0 N–H and O–H groups in total. The summed E-state index contributed by atoms with van der Waals surface area (Å²) in [7, 11) is 4.06. The van der Waals surface area contributed by atoms with Crippen LogP contribution in [0.25, 0.3) is 0 Å². The zero-order valence-electron chi connectivity index (χ0n) is 16.5. The number of hydrogen-bond acceptors (Lipinski definition) is 4. The fourth-order valence-corrected chi connectivity index (χ4v) is 2.78. The first-order valence-corrected chi connectivity index (χ1v) is 13.7. The van der Waals surface area contributed by atoms with Gasteiger partial charge in [0.15, 0.2) is 0 Å². The van der Waals surface area contributed by atoms with Crippen LogP contribution in [-0.4, -0.2) is 33.7 Å². The van der Waals surface area contributed by atoms with Crippen molar-refractivity contribution in [3.63, 3.8) is 0 Å². The van der Waals surface area contributed by atoms with Gasteiger partial charge in [-0.05, 0) is 50.0 Å². The summed E-state index contributed by atoms with van der Waals surface area (Å²) >= 11 is 7.38. The number of rotatable bonds is 4. The summed E-state index contributed by atoms with van der Waals surface area (Å²) in [6.07, 6.45) is 8.24. The third-order valence-corrected chi connectivity index (χ3v) is 4.06. The average Bonchev–Trinajstić information content (AvgIpc) is 3.32. The van der Waals surface area contributed by atoms with Gasteiger partial charge in [0.25, 0.3) is 0 Å². The van der Waals surface area contributed by atoms with Crippen molar-refractivity contribution in [2.24, 2.45) is 0 Å². The van der Waals surface area contributed by atoms with Crippen LogP contribution in [0.1, 0.15) is 11.1 Å². The molecular weight excluding hydrogens is 544 g/mol. The van der Waals surface area contributed by atoms with Crippen LogP contribution in [0.3, 0.4) is 0 Å². The summed E-state index contributed by atoms with van der Waals surface area (Å²) in [5, 5.41) is 0. The van der Waals surface area contributed by atoms with Gasteiger partial charge in [-0.25, -0.2) is 0 Å². The molecule has 0 saturated carbocycles. The summed E-state index contributed by atoms with van der Waals surface area (Å²) in [5.74, 6) is 0. The van der Waals surface area contributed by atoms with Crippen LogP contribution < -0.4 is 0 Å². The minimum atomic E-state index is 0.946. The zero-order chi connectivity index (χ0) is 20.9. The molecule has 4 rings (SSSR count). The second kappa shape index (κ2) is 13.8. The molecule has 0 spiro atoms. The molecule has 2 heterocycles. The minimum absolute atomic E-state index is 0.946. The Labute approximate surface area is 195 Å². The number of halogens is 2. The first kappa shape index (κ1) is 23.9. The number of hydrogen-bond donors (Lipinski definition) is 0. The van der Waals surface area contributed by atoms with Crippen molar-refractivity contribution >= 4 is 28.2 Å². The predicted octanol–water partition coefficient (Wildman–Crippen LogP) is 5.74. The predicted molar refractivity (Wildman–Crippen MR) is 124 cm³/mol. The Balaban J connectivity index is 0.000000183. The maximum absolute atomic E-state index is 2.97. The molecule has 4 nitrogen and oxygen atoms in total. The van der Waals surface area contributed by atoms with Gasteiger partial charge in [-0.3, -0.25) is 0 Å². The van der Waals surface area contributed by atoms with Gasteiger partial charge < -0.3 is 19.6 Å². The Morgan fingerprint density at radius 3 is 1.28 bits per heavy atom. The summed E-state index contributed by atoms with van der Waals surface area (Å²) in [4.78, 5) is 8.41. The summed E-state index contributed by atoms with van der Waals surface area (Å²) in [6, 6.07) is 20.9. The molecule has 0 atom stereocenters. The van der Waals surface area contributed by atoms with Crippen molar-refractivity contribution in [3.8, 4) is 0 Å². The summed E-state index contributed by atoms with van der Waals surface area (Å²) in [6.45, 7) is 6.04. The van der Waals surface area contributed by atoms with Crippen molar-refractivity contribution in [2.45, 2.75) is 13.1 Å². The van der Waals surface area contributed by atoms with E-state index in [0.717, 1.165) is 13.1 Å². The van der Waals surface area contributed by atoms with E-state index in [0.29, 0.717) is 0 Å². The van der Waals surface area contributed by atoms with Crippen LogP contribution in [0.15, 0.2) is 85.5 Å². The van der Waals surface area contributed by atoms with Crippen molar-refractivity contribution in [1.29, 1.82) is 0 Å². The molecule has 0 bridgehead atoms. The van der Waals surface area contributed by atoms with Crippen LogP contribution in [0.5, 0.6) is 0 Å². The van der Waals surface area contributed by atoms with Gasteiger partial charge in [0.2, 0.25) is 0 Å². The monoisotopic (exact) mass is 567 g/mol. The summed E-state index contributed by atoms with van der Waals surface area (Å²) < 4.78 is 0. The number of benzene rings is 2. The third kappa shape index (κ3) is 9.77. The van der Waals surface area contributed by atoms with Crippen molar-refractivity contribution < 1.29 is 11.3 Å². The van der Waals surface area contributed by atoms with E-state index in [1.165, 1.54) is 22.5 Å². The SMILES string of the molecule is CN1C=CN(Cc2ccccc2)[CH-]1.CN1C=CN(Cc2ccccc2)[CH-]1.[Br][Cu][Br]. The van der Waals surface area contributed by atoms with Crippen LogP contribution in [0.4, 0.5) is 0 Å². The molecule has 7 heteroatoms. The van der Waals surface area contributed by atoms with Crippen molar-refractivity contribution in [2.75, 3.05) is 14.1 Å². The molecule has 0 radical (unpaired) electrons. The molecule has 0 saturated heterocycles. The zero-order valence-corrected chi connectivity index (χ0v) is 20.6. The van der Waals surface area contributed by atoms with E-state index < -0.39 is 0 Å². The Hall–Kier alpha value is -1.40. The van der Waals surface area contributed by atoms with E-state index in [-0.39, 0.29) is 0 Å². The molecular formula is C22H26Br2CuN4-2. The van der Waals surface area contributed by atoms with E-state index in [2.05, 4.69) is 112 Å². The molecule has 0 unspecified atom stereocenters. The van der Waals surface area contributed by atoms with Crippen molar-refractivity contribution in [3.05, 3.63) is 110 Å². The van der Waals surface area contributed by atoms with Gasteiger partial charge in [0, 0.05) is 13.1 Å². The van der Waals surface area contributed by atoms with E-state index in [9.17, 15) is 0 Å². The topological polar surface area (TPSA) is 13.0 Å². The van der Waals surface area contributed by atoms with Gasteiger partial charge >= 0.3 is 39.6 Å². The van der Waals surface area contributed by atoms with Crippen LogP contribution in [0, 0.1) is 13.3 Å². The second-order valence-electron chi connectivity index (χ2n) is 6.52. The van der Waals surface area contributed by atoms with Gasteiger partial charge in [-0.1, -0.05) is 60.7 Å². The average molecular weight is 570 g/mol. The third-order valence-electron chi connectivity index (χ3n) is 4.06. The second-order valence-corrected chi connectivity index (χ2v) is 11.3. The van der Waals surface area contributed by atoms with Crippen LogP contribution in [0.2, 0.25) is 0 Å². The standard InChI is InChI=1S/2C11H13N2.2BrH.Cu/c2*1-12-7-8-13(10-12)9-11-5-3-2-4-6-11;;;/h2*2-8,10H,9H2,1H3;2*1H;/q2*-1;;;+2/p-2. The first-order chi connectivity index (χ1) is 14.1. The molecule has 0 amide bonds. The quantitative estimate of drug-likeness (QED) is 0.344. The van der Waals surface area contributed by atoms with Gasteiger partial charge in [-0.15, -0.1) is 0 Å². The van der Waals surface area contributed by atoms with Gasteiger partial charge in [0.05, 0.1) is 0 Å². The van der Waals surface area contributed by atoms with E-state index in [1.54, 1.807) is 0 Å². The molecule has 29 heavy (non-hydrogen) atoms. The molecule has 161 valence electrons.